The van der Waals surface area contributed by atoms with Gasteiger partial charge in [0, 0.05) is 23.3 Å². The number of nitrogens with one attached hydrogen (secondary N) is 2. The minimum Gasteiger partial charge on any atom is -0.497 e. The van der Waals surface area contributed by atoms with Crippen LogP contribution in [0, 0.1) is 0 Å². The van der Waals surface area contributed by atoms with E-state index in [0.717, 1.165) is 22.0 Å². The molecule has 8 heteroatoms. The topological polar surface area (TPSA) is 109 Å². The molecule has 0 bridgehead atoms. The number of methoxy groups -OCH3 is 1. The predicted molar refractivity (Wildman–Crippen MR) is 115 cm³/mol. The van der Waals surface area contributed by atoms with E-state index >= 15 is 0 Å². The number of hydrogen-bond donors (Lipinski definition) is 3. The van der Waals surface area contributed by atoms with Crippen LogP contribution >= 0.6 is 0 Å². The van der Waals surface area contributed by atoms with Gasteiger partial charge in [-0.1, -0.05) is 12.1 Å². The Kier molecular flexibility index (Phi) is 5.38. The van der Waals surface area contributed by atoms with Crippen molar-refractivity contribution in [2.24, 2.45) is 0 Å². The minimum absolute atomic E-state index is 0.454. The van der Waals surface area contributed by atoms with Crippen LogP contribution < -0.4 is 15.4 Å². The zero-order chi connectivity index (χ0) is 20.9. The van der Waals surface area contributed by atoms with Crippen LogP contribution in [0.1, 0.15) is 5.69 Å². The summed E-state index contributed by atoms with van der Waals surface area (Å²) in [5.41, 5.74) is 2.76. The van der Waals surface area contributed by atoms with Crippen molar-refractivity contribution in [1.82, 2.24) is 15.0 Å². The maximum absolute atomic E-state index is 11.3. The summed E-state index contributed by atoms with van der Waals surface area (Å²) in [5, 5.41) is 16.5. The van der Waals surface area contributed by atoms with Gasteiger partial charge in [0.15, 0.2) is 0 Å². The average Bonchev–Trinajstić information content (AvgIpc) is 2.78. The molecule has 0 saturated carbocycles. The first-order valence-corrected chi connectivity index (χ1v) is 9.21. The highest BCUT2D eigenvalue weighted by molar-refractivity contribution is 6.02. The summed E-state index contributed by atoms with van der Waals surface area (Å²) in [5.74, 6) is 1.10. The van der Waals surface area contributed by atoms with Gasteiger partial charge in [0.1, 0.15) is 5.75 Å². The normalized spacial score (nSPS) is 10.6. The Morgan fingerprint density at radius 3 is 2.73 bits per heavy atom. The smallest absolute Gasteiger partial charge is 0.409 e. The molecule has 4 rings (SSSR count). The highest BCUT2D eigenvalue weighted by Gasteiger charge is 2.11. The largest absolute Gasteiger partial charge is 0.497 e. The Balaban J connectivity index is 1.69. The van der Waals surface area contributed by atoms with E-state index in [0.29, 0.717) is 29.6 Å². The van der Waals surface area contributed by atoms with Gasteiger partial charge in [0.05, 0.1) is 30.7 Å². The molecule has 0 fully saturated rings. The molecule has 0 spiro atoms. The third-order valence-electron chi connectivity index (χ3n) is 4.51. The Hall–Kier alpha value is -4.20. The number of hydrogen-bond acceptors (Lipinski definition) is 6. The van der Waals surface area contributed by atoms with Gasteiger partial charge < -0.3 is 15.2 Å². The highest BCUT2D eigenvalue weighted by atomic mass is 16.5. The van der Waals surface area contributed by atoms with Crippen LogP contribution in [-0.2, 0) is 6.54 Å². The first kappa shape index (κ1) is 19.1. The summed E-state index contributed by atoms with van der Waals surface area (Å²) in [6, 6.07) is 16.7. The molecule has 0 radical (unpaired) electrons. The maximum atomic E-state index is 11.3. The number of fused-ring (bicyclic) bond motifs is 1. The van der Waals surface area contributed by atoms with Gasteiger partial charge in [-0.3, -0.25) is 10.3 Å². The third-order valence-corrected chi connectivity index (χ3v) is 4.51. The van der Waals surface area contributed by atoms with Crippen LogP contribution in [0.25, 0.3) is 22.0 Å². The monoisotopic (exact) mass is 401 g/mol. The van der Waals surface area contributed by atoms with Crippen LogP contribution in [-0.4, -0.2) is 33.3 Å². The predicted octanol–water partition coefficient (Wildman–Crippen LogP) is 4.40. The Labute approximate surface area is 172 Å². The lowest BCUT2D eigenvalue weighted by Gasteiger charge is -2.12. The number of ether oxygens (including phenoxy) is 1. The van der Waals surface area contributed by atoms with Crippen molar-refractivity contribution in [1.29, 1.82) is 0 Å². The second kappa shape index (κ2) is 8.44. The van der Waals surface area contributed by atoms with Crippen molar-refractivity contribution in [3.63, 3.8) is 0 Å². The molecule has 0 aliphatic rings. The van der Waals surface area contributed by atoms with Gasteiger partial charge in [-0.15, -0.1) is 0 Å². The van der Waals surface area contributed by atoms with Crippen molar-refractivity contribution in [2.75, 3.05) is 17.7 Å². The van der Waals surface area contributed by atoms with E-state index < -0.39 is 6.09 Å². The van der Waals surface area contributed by atoms with E-state index in [2.05, 4.69) is 25.6 Å². The first-order valence-electron chi connectivity index (χ1n) is 9.21. The summed E-state index contributed by atoms with van der Waals surface area (Å²) in [6.45, 7) is 0.494. The number of carbonyl (C=O) groups is 1. The van der Waals surface area contributed by atoms with E-state index in [9.17, 15) is 9.90 Å². The van der Waals surface area contributed by atoms with Crippen molar-refractivity contribution >= 4 is 28.5 Å². The maximum Gasteiger partial charge on any atom is 0.409 e. The lowest BCUT2D eigenvalue weighted by atomic mass is 10.0. The van der Waals surface area contributed by atoms with Crippen LogP contribution in [0.5, 0.6) is 5.75 Å². The van der Waals surface area contributed by atoms with Gasteiger partial charge >= 0.3 is 6.09 Å². The molecule has 30 heavy (non-hydrogen) atoms. The molecule has 4 aromatic rings. The van der Waals surface area contributed by atoms with E-state index in [1.54, 1.807) is 37.7 Å². The number of aromatic nitrogens is 3. The molecular formula is C22H19N5O3. The van der Waals surface area contributed by atoms with Gasteiger partial charge in [-0.05, 0) is 47.9 Å². The molecule has 8 nitrogen and oxygen atoms in total. The van der Waals surface area contributed by atoms with Gasteiger partial charge in [0.25, 0.3) is 0 Å². The number of nitrogens with zero attached hydrogens (tertiary/aromatic N) is 3. The van der Waals surface area contributed by atoms with E-state index in [1.165, 1.54) is 0 Å². The molecule has 2 aromatic heterocycles. The third kappa shape index (κ3) is 4.27. The van der Waals surface area contributed by atoms with Crippen molar-refractivity contribution in [3.05, 3.63) is 72.7 Å². The molecule has 2 aromatic carbocycles. The number of amides is 1. The van der Waals surface area contributed by atoms with Crippen LogP contribution in [0.3, 0.4) is 0 Å². The number of benzene rings is 2. The van der Waals surface area contributed by atoms with Gasteiger partial charge in [0.2, 0.25) is 5.95 Å². The molecule has 0 atom stereocenters. The standard InChI is InChI=1S/C22H19N5O3/c1-30-17-6-5-14-10-15(11-20(18(14)12-17)27-22(28)29)19-7-9-24-21(26-19)25-13-16-4-2-3-8-23-16/h2-12,27H,13H2,1H3,(H,28,29)(H,24,25,26). The Morgan fingerprint density at radius 2 is 1.97 bits per heavy atom. The highest BCUT2D eigenvalue weighted by Crippen LogP contribution is 2.33. The summed E-state index contributed by atoms with van der Waals surface area (Å²) in [7, 11) is 1.57. The SMILES string of the molecule is COc1ccc2cc(-c3ccnc(NCc4ccccn4)n3)cc(NC(=O)O)c2c1. The second-order valence-electron chi connectivity index (χ2n) is 6.48. The van der Waals surface area contributed by atoms with Crippen molar-refractivity contribution in [2.45, 2.75) is 6.54 Å². The molecule has 1 amide bonds. The van der Waals surface area contributed by atoms with Gasteiger partial charge in [-0.25, -0.2) is 14.8 Å². The Bertz CT molecular complexity index is 1200. The number of carboxylic acid groups (broad SMARTS) is 1. The Morgan fingerprint density at radius 1 is 1.07 bits per heavy atom. The van der Waals surface area contributed by atoms with Crippen LogP contribution in [0.15, 0.2) is 67.0 Å². The lowest BCUT2D eigenvalue weighted by Crippen LogP contribution is -2.08. The summed E-state index contributed by atoms with van der Waals surface area (Å²) in [6.07, 6.45) is 2.25. The number of anilines is 2. The molecule has 2 heterocycles. The van der Waals surface area contributed by atoms with Crippen molar-refractivity contribution in [3.8, 4) is 17.0 Å². The number of pyridine rings is 1. The summed E-state index contributed by atoms with van der Waals surface area (Å²) in [4.78, 5) is 24.4. The molecule has 150 valence electrons. The van der Waals surface area contributed by atoms with E-state index in [1.807, 2.05) is 36.4 Å². The quantitative estimate of drug-likeness (QED) is 0.439. The zero-order valence-electron chi connectivity index (χ0n) is 16.2. The summed E-state index contributed by atoms with van der Waals surface area (Å²) >= 11 is 0. The van der Waals surface area contributed by atoms with Crippen LogP contribution in [0.4, 0.5) is 16.4 Å². The zero-order valence-corrected chi connectivity index (χ0v) is 16.2. The first-order chi connectivity index (χ1) is 14.6. The molecule has 0 saturated heterocycles. The van der Waals surface area contributed by atoms with E-state index in [-0.39, 0.29) is 0 Å². The fraction of sp³-hybridized carbons (Fsp3) is 0.0909. The molecular weight excluding hydrogens is 382 g/mol. The van der Waals surface area contributed by atoms with Crippen molar-refractivity contribution < 1.29 is 14.6 Å². The average molecular weight is 401 g/mol. The fourth-order valence-corrected chi connectivity index (χ4v) is 3.11. The minimum atomic E-state index is -1.14. The van der Waals surface area contributed by atoms with E-state index in [4.69, 9.17) is 4.74 Å². The lowest BCUT2D eigenvalue weighted by molar-refractivity contribution is 0.210. The van der Waals surface area contributed by atoms with Gasteiger partial charge in [-0.2, -0.15) is 0 Å². The molecule has 3 N–H and O–H groups in total. The molecule has 0 unspecified atom stereocenters. The number of rotatable bonds is 6. The molecule has 0 aliphatic heterocycles. The summed E-state index contributed by atoms with van der Waals surface area (Å²) < 4.78 is 5.27. The molecule has 0 aliphatic carbocycles. The fourth-order valence-electron chi connectivity index (χ4n) is 3.11. The van der Waals surface area contributed by atoms with Crippen LogP contribution in [0.2, 0.25) is 0 Å². The second-order valence-corrected chi connectivity index (χ2v) is 6.48.